The molecule has 5 nitrogen and oxygen atoms in total. The van der Waals surface area contributed by atoms with E-state index in [1.165, 1.54) is 0 Å². The zero-order chi connectivity index (χ0) is 18.4. The molecule has 0 aliphatic heterocycles. The van der Waals surface area contributed by atoms with E-state index in [0.29, 0.717) is 18.7 Å². The first-order valence-electron chi connectivity index (χ1n) is 8.50. The lowest BCUT2D eigenvalue weighted by Crippen LogP contribution is -2.56. The van der Waals surface area contributed by atoms with E-state index >= 15 is 0 Å². The molecule has 0 fully saturated rings. The van der Waals surface area contributed by atoms with Gasteiger partial charge in [0.05, 0.1) is 31.0 Å². The summed E-state index contributed by atoms with van der Waals surface area (Å²) < 4.78 is 5.42. The molecule has 2 aromatic rings. The van der Waals surface area contributed by atoms with Gasteiger partial charge < -0.3 is 14.4 Å². The SMILES string of the molecule is CN(C)C(Cc1ccccc1)C(=O)N(Cc1ccco1)C(C)(C)CO. The lowest BCUT2D eigenvalue weighted by Gasteiger charge is -2.40. The Labute approximate surface area is 149 Å². The highest BCUT2D eigenvalue weighted by Crippen LogP contribution is 2.21. The van der Waals surface area contributed by atoms with Gasteiger partial charge in [0, 0.05) is 0 Å². The van der Waals surface area contributed by atoms with Crippen LogP contribution in [0.4, 0.5) is 0 Å². The predicted octanol–water partition coefficient (Wildman–Crippen LogP) is 2.55. The highest BCUT2D eigenvalue weighted by molar-refractivity contribution is 5.83. The number of hydrogen-bond donors (Lipinski definition) is 1. The largest absolute Gasteiger partial charge is 0.467 e. The molecule has 1 atom stereocenters. The summed E-state index contributed by atoms with van der Waals surface area (Å²) >= 11 is 0. The smallest absolute Gasteiger partial charge is 0.241 e. The van der Waals surface area contributed by atoms with Gasteiger partial charge in [0.15, 0.2) is 0 Å². The molecule has 0 saturated heterocycles. The van der Waals surface area contributed by atoms with Crippen LogP contribution in [-0.4, -0.2) is 53.1 Å². The number of aliphatic hydroxyl groups is 1. The van der Waals surface area contributed by atoms with Crippen LogP contribution in [0.5, 0.6) is 0 Å². The number of benzene rings is 1. The number of rotatable bonds is 8. The highest BCUT2D eigenvalue weighted by Gasteiger charge is 2.36. The Balaban J connectivity index is 2.27. The quantitative estimate of drug-likeness (QED) is 0.800. The standard InChI is InChI=1S/C20H28N2O3/c1-20(2,15-23)22(14-17-11-8-12-25-17)19(24)18(21(3)4)13-16-9-6-5-7-10-16/h5-12,18,23H,13-15H2,1-4H3. The predicted molar refractivity (Wildman–Crippen MR) is 98.0 cm³/mol. The summed E-state index contributed by atoms with van der Waals surface area (Å²) in [6.45, 7) is 3.94. The number of carbonyl (C=O) groups is 1. The minimum absolute atomic E-state index is 0.0238. The molecule has 1 amide bonds. The number of aliphatic hydroxyl groups excluding tert-OH is 1. The van der Waals surface area contributed by atoms with Crippen molar-refractivity contribution in [1.82, 2.24) is 9.80 Å². The number of likely N-dealkylation sites (N-methyl/N-ethyl adjacent to an activating group) is 1. The van der Waals surface area contributed by atoms with E-state index in [9.17, 15) is 9.90 Å². The van der Waals surface area contributed by atoms with Gasteiger partial charge in [-0.3, -0.25) is 9.69 Å². The lowest BCUT2D eigenvalue weighted by molar-refractivity contribution is -0.144. The summed E-state index contributed by atoms with van der Waals surface area (Å²) in [5.41, 5.74) is 0.420. The molecule has 0 bridgehead atoms. The molecule has 5 heteroatoms. The number of hydrogen-bond acceptors (Lipinski definition) is 4. The molecule has 1 N–H and O–H groups in total. The fraction of sp³-hybridized carbons (Fsp3) is 0.450. The van der Waals surface area contributed by atoms with Gasteiger partial charge in [-0.25, -0.2) is 0 Å². The van der Waals surface area contributed by atoms with E-state index in [1.807, 2.05) is 69.2 Å². The van der Waals surface area contributed by atoms with Crippen LogP contribution in [0.2, 0.25) is 0 Å². The number of nitrogens with zero attached hydrogens (tertiary/aromatic N) is 2. The third-order valence-corrected chi connectivity index (χ3v) is 4.46. The fourth-order valence-corrected chi connectivity index (χ4v) is 2.74. The molecular weight excluding hydrogens is 316 g/mol. The second kappa shape index (κ2) is 8.32. The molecule has 0 aliphatic rings. The molecule has 0 radical (unpaired) electrons. The third-order valence-electron chi connectivity index (χ3n) is 4.46. The molecule has 25 heavy (non-hydrogen) atoms. The minimum Gasteiger partial charge on any atom is -0.467 e. The van der Waals surface area contributed by atoms with Crippen molar-refractivity contribution in [1.29, 1.82) is 0 Å². The first kappa shape index (κ1) is 19.2. The Kier molecular flexibility index (Phi) is 6.39. The van der Waals surface area contributed by atoms with Gasteiger partial charge in [0.1, 0.15) is 5.76 Å². The van der Waals surface area contributed by atoms with E-state index in [2.05, 4.69) is 0 Å². The summed E-state index contributed by atoms with van der Waals surface area (Å²) in [7, 11) is 3.81. The molecule has 0 aliphatic carbocycles. The maximum Gasteiger partial charge on any atom is 0.241 e. The van der Waals surface area contributed by atoms with Gasteiger partial charge in [-0.15, -0.1) is 0 Å². The monoisotopic (exact) mass is 344 g/mol. The number of furan rings is 1. The molecular formula is C20H28N2O3. The molecule has 136 valence electrons. The van der Waals surface area contributed by atoms with Crippen molar-refractivity contribution in [3.05, 3.63) is 60.1 Å². The van der Waals surface area contributed by atoms with Gasteiger partial charge in [-0.2, -0.15) is 0 Å². The average molecular weight is 344 g/mol. The van der Waals surface area contributed by atoms with E-state index in [-0.39, 0.29) is 18.6 Å². The molecule has 0 spiro atoms. The Hall–Kier alpha value is -2.11. The van der Waals surface area contributed by atoms with Gasteiger partial charge in [-0.1, -0.05) is 30.3 Å². The molecule has 1 heterocycles. The zero-order valence-electron chi connectivity index (χ0n) is 15.5. The van der Waals surface area contributed by atoms with E-state index in [1.54, 1.807) is 17.2 Å². The Morgan fingerprint density at radius 2 is 1.84 bits per heavy atom. The second-order valence-corrected chi connectivity index (χ2v) is 7.14. The first-order chi connectivity index (χ1) is 11.8. The lowest BCUT2D eigenvalue weighted by atomic mass is 9.98. The number of amides is 1. The average Bonchev–Trinajstić information content (AvgIpc) is 3.11. The van der Waals surface area contributed by atoms with Crippen LogP contribution in [0.1, 0.15) is 25.2 Å². The van der Waals surface area contributed by atoms with E-state index < -0.39 is 5.54 Å². The van der Waals surface area contributed by atoms with Crippen molar-refractivity contribution in [2.75, 3.05) is 20.7 Å². The highest BCUT2D eigenvalue weighted by atomic mass is 16.3. The van der Waals surface area contributed by atoms with Crippen molar-refractivity contribution < 1.29 is 14.3 Å². The van der Waals surface area contributed by atoms with Crippen LogP contribution in [0.15, 0.2) is 53.1 Å². The summed E-state index contributed by atoms with van der Waals surface area (Å²) in [6.07, 6.45) is 2.21. The molecule has 1 aromatic carbocycles. The third kappa shape index (κ3) is 4.94. The van der Waals surface area contributed by atoms with Crippen LogP contribution in [-0.2, 0) is 17.8 Å². The van der Waals surface area contributed by atoms with Gasteiger partial charge in [0.25, 0.3) is 0 Å². The summed E-state index contributed by atoms with van der Waals surface area (Å²) in [5, 5.41) is 9.81. The zero-order valence-corrected chi connectivity index (χ0v) is 15.5. The summed E-state index contributed by atoms with van der Waals surface area (Å²) in [6, 6.07) is 13.3. The van der Waals surface area contributed by atoms with Crippen molar-refractivity contribution in [2.24, 2.45) is 0 Å². The fourth-order valence-electron chi connectivity index (χ4n) is 2.74. The van der Waals surface area contributed by atoms with Crippen LogP contribution in [0, 0.1) is 0 Å². The van der Waals surface area contributed by atoms with Crippen LogP contribution >= 0.6 is 0 Å². The minimum atomic E-state index is -0.686. The van der Waals surface area contributed by atoms with Crippen molar-refractivity contribution in [3.63, 3.8) is 0 Å². The molecule has 2 rings (SSSR count). The van der Waals surface area contributed by atoms with Gasteiger partial charge in [0.2, 0.25) is 5.91 Å². The van der Waals surface area contributed by atoms with Crippen molar-refractivity contribution in [2.45, 2.75) is 38.4 Å². The first-order valence-corrected chi connectivity index (χ1v) is 8.50. The van der Waals surface area contributed by atoms with Crippen molar-refractivity contribution >= 4 is 5.91 Å². The van der Waals surface area contributed by atoms with Crippen LogP contribution < -0.4 is 0 Å². The summed E-state index contributed by atoms with van der Waals surface area (Å²) in [4.78, 5) is 17.0. The summed E-state index contributed by atoms with van der Waals surface area (Å²) in [5.74, 6) is 0.677. The van der Waals surface area contributed by atoms with E-state index in [0.717, 1.165) is 5.56 Å². The molecule has 0 saturated carbocycles. The van der Waals surface area contributed by atoms with Gasteiger partial charge >= 0.3 is 0 Å². The Bertz CT molecular complexity index is 651. The maximum atomic E-state index is 13.4. The van der Waals surface area contributed by atoms with E-state index in [4.69, 9.17) is 4.42 Å². The van der Waals surface area contributed by atoms with Crippen molar-refractivity contribution in [3.8, 4) is 0 Å². The maximum absolute atomic E-state index is 13.4. The molecule has 1 aromatic heterocycles. The van der Waals surface area contributed by atoms with Gasteiger partial charge in [-0.05, 0) is 52.1 Å². The Morgan fingerprint density at radius 1 is 1.16 bits per heavy atom. The topological polar surface area (TPSA) is 56.9 Å². The molecule has 1 unspecified atom stereocenters. The van der Waals surface area contributed by atoms with Crippen LogP contribution in [0.3, 0.4) is 0 Å². The van der Waals surface area contributed by atoms with Crippen LogP contribution in [0.25, 0.3) is 0 Å². The number of carbonyl (C=O) groups excluding carboxylic acids is 1. The normalized spacial score (nSPS) is 13.0. The Morgan fingerprint density at radius 3 is 2.36 bits per heavy atom. The second-order valence-electron chi connectivity index (χ2n) is 7.14.